The van der Waals surface area contributed by atoms with E-state index in [2.05, 4.69) is 29.5 Å². The highest BCUT2D eigenvalue weighted by Crippen LogP contribution is 2.43. The zero-order chi connectivity index (χ0) is 15.0. The van der Waals surface area contributed by atoms with Gasteiger partial charge in [0.15, 0.2) is 5.16 Å². The molecular formula is C16H20N2O2S. The molecule has 0 aliphatic heterocycles. The summed E-state index contributed by atoms with van der Waals surface area (Å²) in [7, 11) is 0. The molecular weight excluding hydrogens is 284 g/mol. The number of para-hydroxylation sites is 1. The van der Waals surface area contributed by atoms with Crippen LogP contribution in [0.4, 0.5) is 0 Å². The van der Waals surface area contributed by atoms with Crippen LogP contribution < -0.4 is 0 Å². The lowest BCUT2D eigenvalue weighted by atomic mass is 9.70. The van der Waals surface area contributed by atoms with Gasteiger partial charge in [0.1, 0.15) is 0 Å². The van der Waals surface area contributed by atoms with E-state index in [4.69, 9.17) is 5.11 Å². The summed E-state index contributed by atoms with van der Waals surface area (Å²) in [5.74, 6) is -0.746. The van der Waals surface area contributed by atoms with Crippen molar-refractivity contribution in [1.82, 2.24) is 9.55 Å². The SMILES string of the molecule is Cc1cccc2nc(SCC(=O)O)n(CC3(C)CCC3)c12. The number of hydrogen-bond acceptors (Lipinski definition) is 3. The summed E-state index contributed by atoms with van der Waals surface area (Å²) in [4.78, 5) is 15.5. The molecule has 1 aromatic carbocycles. The fraction of sp³-hybridized carbons (Fsp3) is 0.500. The van der Waals surface area contributed by atoms with Gasteiger partial charge in [-0.2, -0.15) is 0 Å². The second kappa shape index (κ2) is 5.37. The minimum Gasteiger partial charge on any atom is -0.481 e. The lowest BCUT2D eigenvalue weighted by Gasteiger charge is -2.39. The number of aryl methyl sites for hydroxylation is 1. The number of rotatable bonds is 5. The van der Waals surface area contributed by atoms with Gasteiger partial charge in [-0.05, 0) is 36.8 Å². The van der Waals surface area contributed by atoms with Crippen LogP contribution in [-0.4, -0.2) is 26.4 Å². The number of thioether (sulfide) groups is 1. The van der Waals surface area contributed by atoms with Crippen LogP contribution in [0.25, 0.3) is 11.0 Å². The number of carbonyl (C=O) groups is 1. The Balaban J connectivity index is 2.03. The molecule has 112 valence electrons. The first-order valence-electron chi connectivity index (χ1n) is 7.29. The maximum absolute atomic E-state index is 10.9. The first-order valence-corrected chi connectivity index (χ1v) is 8.28. The van der Waals surface area contributed by atoms with E-state index in [0.717, 1.165) is 22.7 Å². The van der Waals surface area contributed by atoms with E-state index in [1.807, 2.05) is 12.1 Å². The summed E-state index contributed by atoms with van der Waals surface area (Å²) in [6.07, 6.45) is 3.77. The molecule has 0 bridgehead atoms. The Labute approximate surface area is 128 Å². The van der Waals surface area contributed by atoms with Crippen molar-refractivity contribution in [2.75, 3.05) is 5.75 Å². The second-order valence-electron chi connectivity index (χ2n) is 6.27. The van der Waals surface area contributed by atoms with E-state index in [1.165, 1.54) is 36.6 Å². The Hall–Kier alpha value is -1.49. The zero-order valence-electron chi connectivity index (χ0n) is 12.4. The molecule has 0 amide bonds. The molecule has 4 nitrogen and oxygen atoms in total. The van der Waals surface area contributed by atoms with Crippen molar-refractivity contribution in [2.24, 2.45) is 5.41 Å². The first kappa shape index (κ1) is 14.4. The highest BCUT2D eigenvalue weighted by Gasteiger charge is 2.33. The highest BCUT2D eigenvalue weighted by molar-refractivity contribution is 7.99. The van der Waals surface area contributed by atoms with Crippen molar-refractivity contribution >= 4 is 28.8 Å². The fourth-order valence-corrected chi connectivity index (χ4v) is 3.77. The van der Waals surface area contributed by atoms with Crippen LogP contribution >= 0.6 is 11.8 Å². The van der Waals surface area contributed by atoms with Crippen LogP contribution in [0.5, 0.6) is 0 Å². The predicted octanol–water partition coefficient (Wildman–Crippen LogP) is 3.71. The molecule has 1 aliphatic carbocycles. The van der Waals surface area contributed by atoms with Crippen LogP contribution in [0.2, 0.25) is 0 Å². The summed E-state index contributed by atoms with van der Waals surface area (Å²) >= 11 is 1.32. The minimum absolute atomic E-state index is 0.0546. The van der Waals surface area contributed by atoms with Crippen molar-refractivity contribution in [3.05, 3.63) is 23.8 Å². The molecule has 1 saturated carbocycles. The average molecular weight is 304 g/mol. The van der Waals surface area contributed by atoms with Crippen LogP contribution in [0.1, 0.15) is 31.7 Å². The van der Waals surface area contributed by atoms with E-state index >= 15 is 0 Å². The summed E-state index contributed by atoms with van der Waals surface area (Å²) < 4.78 is 2.23. The van der Waals surface area contributed by atoms with Crippen LogP contribution in [-0.2, 0) is 11.3 Å². The molecule has 0 atom stereocenters. The molecule has 0 radical (unpaired) electrons. The Morgan fingerprint density at radius 1 is 1.48 bits per heavy atom. The van der Waals surface area contributed by atoms with Gasteiger partial charge in [0.05, 0.1) is 16.8 Å². The molecule has 1 aliphatic rings. The third-order valence-electron chi connectivity index (χ3n) is 4.36. The van der Waals surface area contributed by atoms with E-state index in [-0.39, 0.29) is 5.75 Å². The maximum atomic E-state index is 10.9. The number of nitrogens with zero attached hydrogens (tertiary/aromatic N) is 2. The molecule has 3 rings (SSSR count). The zero-order valence-corrected chi connectivity index (χ0v) is 13.2. The maximum Gasteiger partial charge on any atom is 0.313 e. The average Bonchev–Trinajstić information content (AvgIpc) is 2.74. The van der Waals surface area contributed by atoms with Crippen LogP contribution in [0.15, 0.2) is 23.4 Å². The number of carboxylic acid groups (broad SMARTS) is 1. The topological polar surface area (TPSA) is 55.1 Å². The Kier molecular flexibility index (Phi) is 3.69. The number of hydrogen-bond donors (Lipinski definition) is 1. The molecule has 0 unspecified atom stereocenters. The summed E-state index contributed by atoms with van der Waals surface area (Å²) in [6.45, 7) is 5.33. The van der Waals surface area contributed by atoms with Gasteiger partial charge >= 0.3 is 5.97 Å². The van der Waals surface area contributed by atoms with Crippen molar-refractivity contribution < 1.29 is 9.90 Å². The molecule has 0 spiro atoms. The molecule has 2 aromatic rings. The number of aliphatic carboxylic acids is 1. The molecule has 5 heteroatoms. The minimum atomic E-state index is -0.801. The number of carboxylic acids is 1. The Morgan fingerprint density at radius 2 is 2.24 bits per heavy atom. The van der Waals surface area contributed by atoms with Gasteiger partial charge < -0.3 is 9.67 Å². The number of aromatic nitrogens is 2. The van der Waals surface area contributed by atoms with Crippen molar-refractivity contribution in [3.63, 3.8) is 0 Å². The van der Waals surface area contributed by atoms with Crippen molar-refractivity contribution in [1.29, 1.82) is 0 Å². The number of imidazole rings is 1. The quantitative estimate of drug-likeness (QED) is 0.856. The van der Waals surface area contributed by atoms with Gasteiger partial charge in [-0.15, -0.1) is 0 Å². The molecule has 1 heterocycles. The summed E-state index contributed by atoms with van der Waals surface area (Å²) in [5.41, 5.74) is 3.64. The van der Waals surface area contributed by atoms with Crippen LogP contribution in [0, 0.1) is 12.3 Å². The number of fused-ring (bicyclic) bond motifs is 1. The van der Waals surface area contributed by atoms with E-state index in [9.17, 15) is 4.79 Å². The van der Waals surface area contributed by atoms with Gasteiger partial charge in [0.2, 0.25) is 0 Å². The fourth-order valence-electron chi connectivity index (χ4n) is 3.05. The smallest absolute Gasteiger partial charge is 0.313 e. The standard InChI is InChI=1S/C16H20N2O2S/c1-11-5-3-6-12-14(11)18(10-16(2)7-4-8-16)15(17-12)21-9-13(19)20/h3,5-6H,4,7-10H2,1-2H3,(H,19,20). The van der Waals surface area contributed by atoms with Gasteiger partial charge in [-0.25, -0.2) is 4.98 Å². The Morgan fingerprint density at radius 3 is 2.86 bits per heavy atom. The number of benzene rings is 1. The van der Waals surface area contributed by atoms with E-state index in [1.54, 1.807) is 0 Å². The third-order valence-corrected chi connectivity index (χ3v) is 5.32. The molecule has 1 aromatic heterocycles. The Bertz CT molecular complexity index is 689. The van der Waals surface area contributed by atoms with Crippen molar-refractivity contribution in [3.8, 4) is 0 Å². The van der Waals surface area contributed by atoms with Gasteiger partial charge in [0, 0.05) is 6.54 Å². The van der Waals surface area contributed by atoms with Gasteiger partial charge in [0.25, 0.3) is 0 Å². The largest absolute Gasteiger partial charge is 0.481 e. The van der Waals surface area contributed by atoms with Crippen molar-refractivity contribution in [2.45, 2.75) is 44.8 Å². The summed E-state index contributed by atoms with van der Waals surface area (Å²) in [6, 6.07) is 6.10. The first-order chi connectivity index (χ1) is 9.98. The van der Waals surface area contributed by atoms with E-state index < -0.39 is 5.97 Å². The molecule has 1 fully saturated rings. The van der Waals surface area contributed by atoms with Gasteiger partial charge in [-0.1, -0.05) is 37.2 Å². The second-order valence-corrected chi connectivity index (χ2v) is 7.21. The highest BCUT2D eigenvalue weighted by atomic mass is 32.2. The van der Waals surface area contributed by atoms with E-state index in [0.29, 0.717) is 5.41 Å². The molecule has 1 N–H and O–H groups in total. The van der Waals surface area contributed by atoms with Crippen LogP contribution in [0.3, 0.4) is 0 Å². The lowest BCUT2D eigenvalue weighted by Crippen LogP contribution is -2.31. The lowest BCUT2D eigenvalue weighted by molar-refractivity contribution is -0.133. The monoisotopic (exact) mass is 304 g/mol. The predicted molar refractivity (Wildman–Crippen MR) is 84.8 cm³/mol. The van der Waals surface area contributed by atoms with Gasteiger partial charge in [-0.3, -0.25) is 4.79 Å². The summed E-state index contributed by atoms with van der Waals surface area (Å²) in [5, 5.41) is 9.76. The molecule has 21 heavy (non-hydrogen) atoms. The molecule has 0 saturated heterocycles. The normalized spacial score (nSPS) is 16.9. The third kappa shape index (κ3) is 2.79.